The molecule has 0 aromatic heterocycles. The molecule has 1 heterocycles. The van der Waals surface area contributed by atoms with Crippen LogP contribution in [0.25, 0.3) is 0 Å². The number of rotatable bonds is 0. The third kappa shape index (κ3) is 1.40. The molecule has 0 aromatic carbocycles. The van der Waals surface area contributed by atoms with Gasteiger partial charge in [-0.1, -0.05) is 0 Å². The van der Waals surface area contributed by atoms with Crippen LogP contribution in [0.2, 0.25) is 0 Å². The van der Waals surface area contributed by atoms with E-state index in [0.29, 0.717) is 0 Å². The summed E-state index contributed by atoms with van der Waals surface area (Å²) in [6.07, 6.45) is 0. The van der Waals surface area contributed by atoms with Crippen LogP contribution in [0.15, 0.2) is 0 Å². The lowest BCUT2D eigenvalue weighted by molar-refractivity contribution is 0.101. The standard InChI is InChI=1S/C9H18N2O/c1-8(2,3)11-7(12)10-6-9(11,4)5/h6H2,1-5H3,(H,10,12). The fourth-order valence-electron chi connectivity index (χ4n) is 1.94. The molecule has 0 atom stereocenters. The van der Waals surface area contributed by atoms with E-state index in [9.17, 15) is 4.79 Å². The van der Waals surface area contributed by atoms with Gasteiger partial charge in [0.1, 0.15) is 0 Å². The van der Waals surface area contributed by atoms with Gasteiger partial charge in [0.25, 0.3) is 0 Å². The Morgan fingerprint density at radius 1 is 1.42 bits per heavy atom. The van der Waals surface area contributed by atoms with Crippen LogP contribution >= 0.6 is 0 Å². The Hall–Kier alpha value is -0.730. The molecular weight excluding hydrogens is 152 g/mol. The summed E-state index contributed by atoms with van der Waals surface area (Å²) in [7, 11) is 0. The topological polar surface area (TPSA) is 32.3 Å². The van der Waals surface area contributed by atoms with E-state index in [0.717, 1.165) is 6.54 Å². The first-order valence-electron chi connectivity index (χ1n) is 4.33. The summed E-state index contributed by atoms with van der Waals surface area (Å²) in [6.45, 7) is 11.1. The normalized spacial score (nSPS) is 22.8. The van der Waals surface area contributed by atoms with Crippen LogP contribution in [-0.2, 0) is 0 Å². The minimum Gasteiger partial charge on any atom is -0.336 e. The van der Waals surface area contributed by atoms with Crippen LogP contribution < -0.4 is 5.32 Å². The van der Waals surface area contributed by atoms with Crippen molar-refractivity contribution < 1.29 is 4.79 Å². The van der Waals surface area contributed by atoms with Crippen molar-refractivity contribution in [2.75, 3.05) is 6.54 Å². The smallest absolute Gasteiger partial charge is 0.318 e. The van der Waals surface area contributed by atoms with E-state index in [1.54, 1.807) is 0 Å². The van der Waals surface area contributed by atoms with E-state index in [1.165, 1.54) is 0 Å². The zero-order valence-corrected chi connectivity index (χ0v) is 8.56. The SMILES string of the molecule is CC(C)(C)N1C(=O)NCC1(C)C. The molecule has 3 heteroatoms. The molecule has 1 rings (SSSR count). The van der Waals surface area contributed by atoms with Crippen molar-refractivity contribution in [3.8, 4) is 0 Å². The highest BCUT2D eigenvalue weighted by molar-refractivity contribution is 5.78. The minimum atomic E-state index is -0.0932. The first kappa shape index (κ1) is 9.36. The van der Waals surface area contributed by atoms with Crippen molar-refractivity contribution in [2.24, 2.45) is 0 Å². The second-order valence-corrected chi connectivity index (χ2v) is 4.98. The quantitative estimate of drug-likeness (QED) is 0.588. The molecule has 0 aromatic rings. The lowest BCUT2D eigenvalue weighted by atomic mass is 9.97. The highest BCUT2D eigenvalue weighted by atomic mass is 16.2. The molecule has 3 nitrogen and oxygen atoms in total. The van der Waals surface area contributed by atoms with E-state index in [4.69, 9.17) is 0 Å². The second-order valence-electron chi connectivity index (χ2n) is 4.98. The van der Waals surface area contributed by atoms with Crippen LogP contribution in [0.1, 0.15) is 34.6 Å². The minimum absolute atomic E-state index is 0.0486. The molecular formula is C9H18N2O. The Balaban J connectivity index is 2.93. The van der Waals surface area contributed by atoms with Crippen molar-refractivity contribution in [1.29, 1.82) is 0 Å². The van der Waals surface area contributed by atoms with Crippen molar-refractivity contribution in [1.82, 2.24) is 10.2 Å². The summed E-state index contributed by atoms with van der Waals surface area (Å²) in [6, 6.07) is 0.0486. The molecule has 0 unspecified atom stereocenters. The van der Waals surface area contributed by atoms with Gasteiger partial charge in [0, 0.05) is 12.1 Å². The first-order valence-corrected chi connectivity index (χ1v) is 4.33. The molecule has 0 aliphatic carbocycles. The molecule has 70 valence electrons. The van der Waals surface area contributed by atoms with Gasteiger partial charge < -0.3 is 10.2 Å². The average molecular weight is 170 g/mol. The number of carbonyl (C=O) groups excluding carboxylic acids is 1. The maximum Gasteiger partial charge on any atom is 0.318 e. The molecule has 1 saturated heterocycles. The molecule has 0 saturated carbocycles. The monoisotopic (exact) mass is 170 g/mol. The van der Waals surface area contributed by atoms with Gasteiger partial charge in [-0.25, -0.2) is 4.79 Å². The number of urea groups is 1. The van der Waals surface area contributed by atoms with E-state index >= 15 is 0 Å². The Morgan fingerprint density at radius 3 is 2.08 bits per heavy atom. The van der Waals surface area contributed by atoms with Crippen LogP contribution in [-0.4, -0.2) is 28.6 Å². The number of amides is 2. The summed E-state index contributed by atoms with van der Waals surface area (Å²) < 4.78 is 0. The highest BCUT2D eigenvalue weighted by Gasteiger charge is 2.43. The average Bonchev–Trinajstić information content (AvgIpc) is 2.03. The number of carbonyl (C=O) groups is 1. The predicted molar refractivity (Wildman–Crippen MR) is 49.1 cm³/mol. The molecule has 1 aliphatic rings. The first-order chi connectivity index (χ1) is 5.25. The van der Waals surface area contributed by atoms with Crippen molar-refractivity contribution in [3.05, 3.63) is 0 Å². The zero-order chi connectivity index (χ0) is 9.57. The van der Waals surface area contributed by atoms with Crippen LogP contribution in [0, 0.1) is 0 Å². The maximum absolute atomic E-state index is 11.5. The van der Waals surface area contributed by atoms with E-state index < -0.39 is 0 Å². The summed E-state index contributed by atoms with van der Waals surface area (Å²) in [5, 5.41) is 2.85. The van der Waals surface area contributed by atoms with Gasteiger partial charge in [0.05, 0.1) is 5.54 Å². The number of nitrogens with zero attached hydrogens (tertiary/aromatic N) is 1. The van der Waals surface area contributed by atoms with Crippen LogP contribution in [0.5, 0.6) is 0 Å². The molecule has 0 bridgehead atoms. The summed E-state index contributed by atoms with van der Waals surface area (Å²) in [5.41, 5.74) is -0.153. The van der Waals surface area contributed by atoms with Gasteiger partial charge in [-0.15, -0.1) is 0 Å². The summed E-state index contributed by atoms with van der Waals surface area (Å²) >= 11 is 0. The Bertz CT molecular complexity index is 203. The number of nitrogens with one attached hydrogen (secondary N) is 1. The second kappa shape index (κ2) is 2.38. The molecule has 1 N–H and O–H groups in total. The van der Waals surface area contributed by atoms with E-state index in [-0.39, 0.29) is 17.1 Å². The van der Waals surface area contributed by atoms with E-state index in [1.807, 2.05) is 4.90 Å². The third-order valence-electron chi connectivity index (χ3n) is 2.15. The highest BCUT2D eigenvalue weighted by Crippen LogP contribution is 2.28. The Labute approximate surface area is 74.1 Å². The lowest BCUT2D eigenvalue weighted by Gasteiger charge is -2.40. The summed E-state index contributed by atoms with van der Waals surface area (Å²) in [4.78, 5) is 13.4. The largest absolute Gasteiger partial charge is 0.336 e. The van der Waals surface area contributed by atoms with Crippen molar-refractivity contribution in [2.45, 2.75) is 45.7 Å². The van der Waals surface area contributed by atoms with Crippen LogP contribution in [0.4, 0.5) is 4.79 Å². The molecule has 12 heavy (non-hydrogen) atoms. The predicted octanol–water partition coefficient (Wildman–Crippen LogP) is 1.59. The fraction of sp³-hybridized carbons (Fsp3) is 0.889. The molecule has 1 aliphatic heterocycles. The Kier molecular flexibility index (Phi) is 1.85. The van der Waals surface area contributed by atoms with Crippen LogP contribution in [0.3, 0.4) is 0 Å². The lowest BCUT2D eigenvalue weighted by Crippen LogP contribution is -2.52. The Morgan fingerprint density at radius 2 is 1.92 bits per heavy atom. The van der Waals surface area contributed by atoms with Gasteiger partial charge in [-0.05, 0) is 34.6 Å². The van der Waals surface area contributed by atoms with Crippen molar-refractivity contribution >= 4 is 6.03 Å². The van der Waals surface area contributed by atoms with Gasteiger partial charge in [-0.2, -0.15) is 0 Å². The fourth-order valence-corrected chi connectivity index (χ4v) is 1.94. The molecule has 1 fully saturated rings. The third-order valence-corrected chi connectivity index (χ3v) is 2.15. The molecule has 2 amide bonds. The van der Waals surface area contributed by atoms with Gasteiger partial charge in [0.2, 0.25) is 0 Å². The number of hydrogen-bond donors (Lipinski definition) is 1. The van der Waals surface area contributed by atoms with Gasteiger partial charge >= 0.3 is 6.03 Å². The number of hydrogen-bond acceptors (Lipinski definition) is 1. The van der Waals surface area contributed by atoms with Gasteiger partial charge in [-0.3, -0.25) is 0 Å². The zero-order valence-electron chi connectivity index (χ0n) is 8.56. The molecule has 0 spiro atoms. The molecule has 0 radical (unpaired) electrons. The van der Waals surface area contributed by atoms with E-state index in [2.05, 4.69) is 39.9 Å². The maximum atomic E-state index is 11.5. The van der Waals surface area contributed by atoms with Crippen molar-refractivity contribution in [3.63, 3.8) is 0 Å². The summed E-state index contributed by atoms with van der Waals surface area (Å²) in [5.74, 6) is 0. The van der Waals surface area contributed by atoms with Gasteiger partial charge in [0.15, 0.2) is 0 Å².